The van der Waals surface area contributed by atoms with Crippen molar-refractivity contribution in [2.45, 2.75) is 31.4 Å². The van der Waals surface area contributed by atoms with Crippen LogP contribution in [-0.4, -0.2) is 43.3 Å². The van der Waals surface area contributed by atoms with Crippen molar-refractivity contribution in [1.82, 2.24) is 0 Å². The Hall–Kier alpha value is -0.203. The van der Waals surface area contributed by atoms with Gasteiger partial charge in [-0.25, -0.2) is 0 Å². The van der Waals surface area contributed by atoms with Gasteiger partial charge in [-0.2, -0.15) is 0 Å². The molecule has 0 spiro atoms. The van der Waals surface area contributed by atoms with E-state index in [1.165, 1.54) is 0 Å². The summed E-state index contributed by atoms with van der Waals surface area (Å²) in [5.74, 6) is -2.59. The Kier molecular flexibility index (Phi) is 7.03. The standard InChI is InChI=1S/C9H20O4Si/c1-3-14(2)8-4-6-13-7-5-9(10,11)12/h3,10-12,14H,1,4-8H2,2H3. The SMILES string of the molecule is C=C[SiH](C)CCCOCCC(O)(O)O. The second-order valence-corrected chi connectivity index (χ2v) is 6.50. The third-order valence-electron chi connectivity index (χ3n) is 1.93. The summed E-state index contributed by atoms with van der Waals surface area (Å²) < 4.78 is 5.11. The van der Waals surface area contributed by atoms with Gasteiger partial charge in [-0.3, -0.25) is 0 Å². The van der Waals surface area contributed by atoms with Gasteiger partial charge in [0.15, 0.2) is 0 Å². The molecule has 0 rings (SSSR count). The van der Waals surface area contributed by atoms with E-state index in [0.29, 0.717) is 6.61 Å². The van der Waals surface area contributed by atoms with Crippen LogP contribution in [0.2, 0.25) is 12.6 Å². The Morgan fingerprint density at radius 2 is 2.00 bits per heavy atom. The van der Waals surface area contributed by atoms with Crippen LogP contribution in [-0.2, 0) is 4.74 Å². The molecule has 4 nitrogen and oxygen atoms in total. The topological polar surface area (TPSA) is 69.9 Å². The van der Waals surface area contributed by atoms with Crippen LogP contribution < -0.4 is 0 Å². The fraction of sp³-hybridized carbons (Fsp3) is 0.778. The predicted molar refractivity (Wildman–Crippen MR) is 57.5 cm³/mol. The van der Waals surface area contributed by atoms with Gasteiger partial charge in [-0.1, -0.05) is 12.6 Å². The van der Waals surface area contributed by atoms with Gasteiger partial charge < -0.3 is 20.1 Å². The molecule has 0 aromatic rings. The molecule has 0 heterocycles. The molecule has 0 aromatic carbocycles. The van der Waals surface area contributed by atoms with Crippen molar-refractivity contribution >= 4 is 8.80 Å². The normalized spacial score (nSPS) is 14.0. The van der Waals surface area contributed by atoms with Gasteiger partial charge in [-0.05, 0) is 6.42 Å². The van der Waals surface area contributed by atoms with Gasteiger partial charge >= 0.3 is 0 Å². The highest BCUT2D eigenvalue weighted by atomic mass is 28.3. The molecule has 0 aliphatic rings. The highest BCUT2D eigenvalue weighted by molar-refractivity contribution is 6.62. The first-order chi connectivity index (χ1) is 6.45. The third-order valence-corrected chi connectivity index (χ3v) is 4.06. The molecule has 0 bridgehead atoms. The minimum absolute atomic E-state index is 0.160. The number of rotatable bonds is 8. The number of aliphatic hydroxyl groups is 3. The average Bonchev–Trinajstić information content (AvgIpc) is 2.08. The molecule has 0 saturated heterocycles. The van der Waals surface area contributed by atoms with Gasteiger partial charge in [-0.15, -0.1) is 12.3 Å². The highest BCUT2D eigenvalue weighted by Gasteiger charge is 2.16. The van der Waals surface area contributed by atoms with E-state index >= 15 is 0 Å². The molecule has 0 radical (unpaired) electrons. The Balaban J connectivity index is 3.18. The molecule has 0 aromatic heterocycles. The summed E-state index contributed by atoms with van der Waals surface area (Å²) in [7, 11) is -0.731. The lowest BCUT2D eigenvalue weighted by Gasteiger charge is -2.13. The van der Waals surface area contributed by atoms with Gasteiger partial charge in [0.05, 0.1) is 21.8 Å². The van der Waals surface area contributed by atoms with Gasteiger partial charge in [0, 0.05) is 6.61 Å². The van der Waals surface area contributed by atoms with Crippen LogP contribution in [0.4, 0.5) is 0 Å². The van der Waals surface area contributed by atoms with E-state index in [4.69, 9.17) is 20.1 Å². The Morgan fingerprint density at radius 1 is 1.36 bits per heavy atom. The molecule has 0 fully saturated rings. The van der Waals surface area contributed by atoms with Crippen LogP contribution >= 0.6 is 0 Å². The van der Waals surface area contributed by atoms with E-state index < -0.39 is 14.8 Å². The summed E-state index contributed by atoms with van der Waals surface area (Å²) >= 11 is 0. The largest absolute Gasteiger partial charge is 0.381 e. The number of hydrogen-bond acceptors (Lipinski definition) is 4. The second-order valence-electron chi connectivity index (χ2n) is 3.49. The van der Waals surface area contributed by atoms with Crippen molar-refractivity contribution in [2.75, 3.05) is 13.2 Å². The zero-order valence-corrected chi connectivity index (χ0v) is 9.80. The first-order valence-corrected chi connectivity index (χ1v) is 7.47. The smallest absolute Gasteiger partial charge is 0.277 e. The Labute approximate surface area is 86.4 Å². The van der Waals surface area contributed by atoms with E-state index in [9.17, 15) is 0 Å². The van der Waals surface area contributed by atoms with Gasteiger partial charge in [0.1, 0.15) is 0 Å². The van der Waals surface area contributed by atoms with Crippen molar-refractivity contribution in [3.05, 3.63) is 12.3 Å². The maximum Gasteiger partial charge on any atom is 0.277 e. The summed E-state index contributed by atoms with van der Waals surface area (Å²) in [6.45, 7) is 6.70. The lowest BCUT2D eigenvalue weighted by Crippen LogP contribution is -2.28. The predicted octanol–water partition coefficient (Wildman–Crippen LogP) is -0.00400. The first kappa shape index (κ1) is 13.8. The van der Waals surface area contributed by atoms with Crippen LogP contribution in [0.3, 0.4) is 0 Å². The van der Waals surface area contributed by atoms with E-state index in [-0.39, 0.29) is 13.0 Å². The molecule has 84 valence electrons. The van der Waals surface area contributed by atoms with Crippen LogP contribution in [0.1, 0.15) is 12.8 Å². The molecule has 1 atom stereocenters. The first-order valence-electron chi connectivity index (χ1n) is 4.83. The molecule has 0 saturated carbocycles. The minimum Gasteiger partial charge on any atom is -0.381 e. The summed E-state index contributed by atoms with van der Waals surface area (Å²) in [5.41, 5.74) is 2.03. The third kappa shape index (κ3) is 9.88. The summed E-state index contributed by atoms with van der Waals surface area (Å²) in [5, 5.41) is 25.6. The monoisotopic (exact) mass is 220 g/mol. The molecular weight excluding hydrogens is 200 g/mol. The lowest BCUT2D eigenvalue weighted by molar-refractivity contribution is -0.317. The molecule has 0 aliphatic heterocycles. The van der Waals surface area contributed by atoms with Gasteiger partial charge in [0.25, 0.3) is 5.97 Å². The van der Waals surface area contributed by atoms with E-state index in [1.807, 2.05) is 5.70 Å². The fourth-order valence-corrected chi connectivity index (χ4v) is 1.98. The van der Waals surface area contributed by atoms with E-state index in [2.05, 4.69) is 13.1 Å². The van der Waals surface area contributed by atoms with Crippen molar-refractivity contribution in [3.8, 4) is 0 Å². The van der Waals surface area contributed by atoms with Crippen molar-refractivity contribution in [2.24, 2.45) is 0 Å². The molecule has 0 aliphatic carbocycles. The number of ether oxygens (including phenoxy) is 1. The molecule has 14 heavy (non-hydrogen) atoms. The van der Waals surface area contributed by atoms with Crippen LogP contribution in [0.15, 0.2) is 12.3 Å². The van der Waals surface area contributed by atoms with E-state index in [1.54, 1.807) is 0 Å². The number of hydrogen-bond donors (Lipinski definition) is 3. The maximum atomic E-state index is 8.53. The Morgan fingerprint density at radius 3 is 2.50 bits per heavy atom. The van der Waals surface area contributed by atoms with Crippen molar-refractivity contribution < 1.29 is 20.1 Å². The molecule has 1 unspecified atom stereocenters. The maximum absolute atomic E-state index is 8.53. The Bertz CT molecular complexity index is 155. The summed E-state index contributed by atoms with van der Waals surface area (Å²) in [6.07, 6.45) is 0.788. The van der Waals surface area contributed by atoms with Crippen LogP contribution in [0.25, 0.3) is 0 Å². The van der Waals surface area contributed by atoms with Crippen molar-refractivity contribution in [1.29, 1.82) is 0 Å². The quantitative estimate of drug-likeness (QED) is 0.306. The molecular formula is C9H20O4Si. The second kappa shape index (κ2) is 7.14. The molecule has 3 N–H and O–H groups in total. The average molecular weight is 220 g/mol. The zero-order valence-electron chi connectivity index (χ0n) is 8.65. The minimum atomic E-state index is -2.59. The highest BCUT2D eigenvalue weighted by Crippen LogP contribution is 2.02. The fourth-order valence-electron chi connectivity index (χ4n) is 0.936. The summed E-state index contributed by atoms with van der Waals surface area (Å²) in [6, 6.07) is 1.14. The lowest BCUT2D eigenvalue weighted by atomic mass is 10.4. The molecule has 0 amide bonds. The van der Waals surface area contributed by atoms with Crippen LogP contribution in [0, 0.1) is 0 Å². The molecule has 5 heteroatoms. The van der Waals surface area contributed by atoms with Gasteiger partial charge in [0.2, 0.25) is 0 Å². The van der Waals surface area contributed by atoms with Crippen LogP contribution in [0.5, 0.6) is 0 Å². The summed E-state index contributed by atoms with van der Waals surface area (Å²) in [4.78, 5) is 0. The zero-order chi connectivity index (χ0) is 11.0. The van der Waals surface area contributed by atoms with Crippen molar-refractivity contribution in [3.63, 3.8) is 0 Å². The van der Waals surface area contributed by atoms with E-state index in [0.717, 1.165) is 12.5 Å².